The van der Waals surface area contributed by atoms with E-state index >= 15 is 0 Å². The maximum absolute atomic E-state index is 12.1. The van der Waals surface area contributed by atoms with Crippen LogP contribution in [0.4, 0.5) is 5.69 Å². The van der Waals surface area contributed by atoms with Crippen LogP contribution < -0.4 is 24.3 Å². The van der Waals surface area contributed by atoms with Gasteiger partial charge in [-0.15, -0.1) is 0 Å². The summed E-state index contributed by atoms with van der Waals surface area (Å²) in [6.07, 6.45) is 0. The molecule has 1 amide bonds. The predicted molar refractivity (Wildman–Crippen MR) is 91.4 cm³/mol. The third-order valence-corrected chi connectivity index (χ3v) is 3.31. The molecule has 0 bridgehead atoms. The molecule has 25 heavy (non-hydrogen) atoms. The van der Waals surface area contributed by atoms with E-state index in [1.807, 2.05) is 6.07 Å². The van der Waals surface area contributed by atoms with Gasteiger partial charge in [0.1, 0.15) is 11.8 Å². The standard InChI is InChI=1S/C18H18N2O5/c1-22-15-8-13(9-16(23-2)18(15)24-3)20-17(21)11-25-14-7-5-4-6-12(14)10-19/h4-9H,11H2,1-3H3,(H,20,21). The molecule has 0 fully saturated rings. The van der Waals surface area contributed by atoms with Gasteiger partial charge in [0.25, 0.3) is 5.91 Å². The Labute approximate surface area is 145 Å². The van der Waals surface area contributed by atoms with Gasteiger partial charge in [0.05, 0.1) is 26.9 Å². The fraction of sp³-hybridized carbons (Fsp3) is 0.222. The summed E-state index contributed by atoms with van der Waals surface area (Å²) in [5.74, 6) is 1.25. The summed E-state index contributed by atoms with van der Waals surface area (Å²) >= 11 is 0. The Morgan fingerprint density at radius 1 is 1.04 bits per heavy atom. The third kappa shape index (κ3) is 4.32. The molecule has 0 atom stereocenters. The van der Waals surface area contributed by atoms with E-state index in [1.165, 1.54) is 21.3 Å². The Hall–Kier alpha value is -3.40. The van der Waals surface area contributed by atoms with Gasteiger partial charge >= 0.3 is 0 Å². The summed E-state index contributed by atoms with van der Waals surface area (Å²) in [7, 11) is 4.48. The van der Waals surface area contributed by atoms with Crippen LogP contribution in [0.5, 0.6) is 23.0 Å². The van der Waals surface area contributed by atoms with Crippen molar-refractivity contribution in [2.24, 2.45) is 0 Å². The number of carbonyl (C=O) groups is 1. The number of para-hydroxylation sites is 1. The summed E-state index contributed by atoms with van der Waals surface area (Å²) in [6, 6.07) is 11.9. The number of benzene rings is 2. The molecule has 0 saturated carbocycles. The van der Waals surface area contributed by atoms with E-state index < -0.39 is 0 Å². The minimum Gasteiger partial charge on any atom is -0.493 e. The minimum atomic E-state index is -0.387. The molecule has 0 aromatic heterocycles. The molecule has 0 radical (unpaired) electrons. The van der Waals surface area contributed by atoms with Crippen LogP contribution in [0.3, 0.4) is 0 Å². The highest BCUT2D eigenvalue weighted by atomic mass is 16.5. The van der Waals surface area contributed by atoms with Crippen LogP contribution in [-0.2, 0) is 4.79 Å². The van der Waals surface area contributed by atoms with Gasteiger partial charge in [0.2, 0.25) is 5.75 Å². The molecule has 0 aliphatic carbocycles. The van der Waals surface area contributed by atoms with E-state index in [-0.39, 0.29) is 12.5 Å². The van der Waals surface area contributed by atoms with Crippen molar-refractivity contribution in [3.8, 4) is 29.1 Å². The molecule has 1 N–H and O–H groups in total. The average Bonchev–Trinajstić information content (AvgIpc) is 2.65. The zero-order chi connectivity index (χ0) is 18.2. The number of ether oxygens (including phenoxy) is 4. The van der Waals surface area contributed by atoms with Crippen LogP contribution in [0, 0.1) is 11.3 Å². The fourth-order valence-corrected chi connectivity index (χ4v) is 2.18. The zero-order valence-electron chi connectivity index (χ0n) is 14.2. The highest BCUT2D eigenvalue weighted by molar-refractivity contribution is 5.92. The Balaban J connectivity index is 2.09. The number of rotatable bonds is 7. The van der Waals surface area contributed by atoms with E-state index in [1.54, 1.807) is 36.4 Å². The van der Waals surface area contributed by atoms with Crippen molar-refractivity contribution in [1.82, 2.24) is 0 Å². The molecule has 0 heterocycles. The number of methoxy groups -OCH3 is 3. The Kier molecular flexibility index (Phi) is 6.07. The van der Waals surface area contributed by atoms with E-state index in [9.17, 15) is 4.79 Å². The molecule has 0 aliphatic rings. The van der Waals surface area contributed by atoms with Gasteiger partial charge in [0, 0.05) is 17.8 Å². The third-order valence-electron chi connectivity index (χ3n) is 3.31. The lowest BCUT2D eigenvalue weighted by Gasteiger charge is -2.15. The smallest absolute Gasteiger partial charge is 0.262 e. The Morgan fingerprint density at radius 2 is 1.68 bits per heavy atom. The Morgan fingerprint density at radius 3 is 2.24 bits per heavy atom. The summed E-state index contributed by atoms with van der Waals surface area (Å²) in [5.41, 5.74) is 0.833. The monoisotopic (exact) mass is 342 g/mol. The largest absolute Gasteiger partial charge is 0.493 e. The van der Waals surface area contributed by atoms with Crippen molar-refractivity contribution in [2.75, 3.05) is 33.3 Å². The topological polar surface area (TPSA) is 89.8 Å². The Bertz CT molecular complexity index is 773. The van der Waals surface area contributed by atoms with E-state index in [2.05, 4.69) is 5.32 Å². The predicted octanol–water partition coefficient (Wildman–Crippen LogP) is 2.60. The first kappa shape index (κ1) is 17.9. The zero-order valence-corrected chi connectivity index (χ0v) is 14.2. The minimum absolute atomic E-state index is 0.241. The molecule has 2 aromatic carbocycles. The molecule has 2 aromatic rings. The SMILES string of the molecule is COc1cc(NC(=O)COc2ccccc2C#N)cc(OC)c1OC. The number of nitrogens with zero attached hydrogens (tertiary/aromatic N) is 1. The van der Waals surface area contributed by atoms with Crippen LogP contribution in [-0.4, -0.2) is 33.8 Å². The average molecular weight is 342 g/mol. The lowest BCUT2D eigenvalue weighted by molar-refractivity contribution is -0.118. The van der Waals surface area contributed by atoms with Crippen LogP contribution in [0.2, 0.25) is 0 Å². The summed E-state index contributed by atoms with van der Waals surface area (Å²) < 4.78 is 21.1. The second-order valence-corrected chi connectivity index (χ2v) is 4.86. The van der Waals surface area contributed by atoms with Crippen LogP contribution in [0.25, 0.3) is 0 Å². The summed E-state index contributed by atoms with van der Waals surface area (Å²) in [4.78, 5) is 12.1. The van der Waals surface area contributed by atoms with Crippen LogP contribution in [0.15, 0.2) is 36.4 Å². The first-order valence-electron chi connectivity index (χ1n) is 7.34. The molecule has 7 heteroatoms. The molecule has 130 valence electrons. The molecular formula is C18H18N2O5. The van der Waals surface area contributed by atoms with Crippen LogP contribution in [0.1, 0.15) is 5.56 Å². The maximum Gasteiger partial charge on any atom is 0.262 e. The number of nitriles is 1. The van der Waals surface area contributed by atoms with E-state index in [0.29, 0.717) is 34.2 Å². The molecule has 2 rings (SSSR count). The maximum atomic E-state index is 12.1. The molecule has 0 saturated heterocycles. The van der Waals surface area contributed by atoms with Crippen molar-refractivity contribution in [3.05, 3.63) is 42.0 Å². The van der Waals surface area contributed by atoms with Crippen LogP contribution >= 0.6 is 0 Å². The normalized spacial score (nSPS) is 9.68. The van der Waals surface area contributed by atoms with Crippen molar-refractivity contribution in [3.63, 3.8) is 0 Å². The quantitative estimate of drug-likeness (QED) is 0.832. The van der Waals surface area contributed by atoms with Crippen molar-refractivity contribution < 1.29 is 23.7 Å². The number of carbonyl (C=O) groups excluding carboxylic acids is 1. The summed E-state index contributed by atoms with van der Waals surface area (Å²) in [5, 5.41) is 11.7. The highest BCUT2D eigenvalue weighted by Gasteiger charge is 2.15. The number of hydrogen-bond donors (Lipinski definition) is 1. The molecule has 0 aliphatic heterocycles. The second kappa shape index (κ2) is 8.45. The van der Waals surface area contributed by atoms with Gasteiger partial charge in [-0.05, 0) is 12.1 Å². The van der Waals surface area contributed by atoms with E-state index in [0.717, 1.165) is 0 Å². The van der Waals surface area contributed by atoms with Crippen molar-refractivity contribution in [2.45, 2.75) is 0 Å². The highest BCUT2D eigenvalue weighted by Crippen LogP contribution is 2.39. The molecular weight excluding hydrogens is 324 g/mol. The first-order chi connectivity index (χ1) is 12.1. The lowest BCUT2D eigenvalue weighted by Crippen LogP contribution is -2.20. The van der Waals surface area contributed by atoms with E-state index in [4.69, 9.17) is 24.2 Å². The van der Waals surface area contributed by atoms with Gasteiger partial charge in [-0.1, -0.05) is 12.1 Å². The number of nitrogens with one attached hydrogen (secondary N) is 1. The molecule has 0 unspecified atom stereocenters. The van der Waals surface area contributed by atoms with Gasteiger partial charge in [0.15, 0.2) is 18.1 Å². The van der Waals surface area contributed by atoms with Crippen molar-refractivity contribution in [1.29, 1.82) is 5.26 Å². The van der Waals surface area contributed by atoms with Gasteiger partial charge in [-0.25, -0.2) is 0 Å². The van der Waals surface area contributed by atoms with Gasteiger partial charge in [-0.2, -0.15) is 5.26 Å². The summed E-state index contributed by atoms with van der Waals surface area (Å²) in [6.45, 7) is -0.241. The van der Waals surface area contributed by atoms with Gasteiger partial charge in [-0.3, -0.25) is 4.79 Å². The molecule has 0 spiro atoms. The molecule has 7 nitrogen and oxygen atoms in total. The number of hydrogen-bond acceptors (Lipinski definition) is 6. The number of anilines is 1. The van der Waals surface area contributed by atoms with Crippen molar-refractivity contribution >= 4 is 11.6 Å². The van der Waals surface area contributed by atoms with Gasteiger partial charge < -0.3 is 24.3 Å². The lowest BCUT2D eigenvalue weighted by atomic mass is 10.2. The fourth-order valence-electron chi connectivity index (χ4n) is 2.18. The number of amides is 1. The first-order valence-corrected chi connectivity index (χ1v) is 7.34. The second-order valence-electron chi connectivity index (χ2n) is 4.86.